The van der Waals surface area contributed by atoms with Gasteiger partial charge in [0.1, 0.15) is 11.3 Å². The van der Waals surface area contributed by atoms with Crippen LogP contribution < -0.4 is 15.4 Å². The van der Waals surface area contributed by atoms with Crippen molar-refractivity contribution in [2.75, 3.05) is 39.7 Å². The first-order valence-electron chi connectivity index (χ1n) is 11.3. The van der Waals surface area contributed by atoms with Crippen molar-refractivity contribution >= 4 is 35.5 Å². The first-order valence-corrected chi connectivity index (χ1v) is 11.3. The topological polar surface area (TPSA) is 155 Å². The number of carbonyl (C=O) groups excluding carboxylic acids is 4. The molecule has 0 bridgehead atoms. The Morgan fingerprint density at radius 3 is 2.16 bits per heavy atom. The van der Waals surface area contributed by atoms with Crippen LogP contribution in [0.1, 0.15) is 13.8 Å². The van der Waals surface area contributed by atoms with E-state index in [1.54, 1.807) is 38.3 Å². The number of aliphatic carboxylic acids is 1. The number of carbonyl (C=O) groups is 5. The molecule has 0 aromatic heterocycles. The van der Waals surface area contributed by atoms with Crippen LogP contribution >= 0.6 is 0 Å². The molecule has 4 amide bonds. The van der Waals surface area contributed by atoms with Gasteiger partial charge in [0.15, 0.2) is 0 Å². The van der Waals surface area contributed by atoms with Crippen molar-refractivity contribution in [1.29, 1.82) is 0 Å². The summed E-state index contributed by atoms with van der Waals surface area (Å²) in [7, 11) is 4.21. The Bertz CT molecular complexity index is 1080. The van der Waals surface area contributed by atoms with E-state index in [0.29, 0.717) is 18.0 Å². The zero-order valence-corrected chi connectivity index (χ0v) is 21.3. The number of nitrogens with zero attached hydrogens (tertiary/aromatic N) is 2. The van der Waals surface area contributed by atoms with Crippen LogP contribution in [0.4, 0.5) is 23.7 Å². The van der Waals surface area contributed by atoms with Crippen molar-refractivity contribution in [2.45, 2.75) is 31.6 Å². The van der Waals surface area contributed by atoms with Crippen LogP contribution in [0.15, 0.2) is 24.3 Å². The number of fused-ring (bicyclic) bond motifs is 1. The molecule has 2 aliphatic rings. The van der Waals surface area contributed by atoms with Crippen molar-refractivity contribution in [3.05, 3.63) is 24.3 Å². The molecule has 1 aromatic carbocycles. The minimum Gasteiger partial charge on any atom is -0.497 e. The molecule has 3 N–H and O–H groups in total. The Labute approximate surface area is 216 Å². The number of ether oxygens (including phenoxy) is 2. The van der Waals surface area contributed by atoms with Crippen LogP contribution in [0.25, 0.3) is 0 Å². The minimum absolute atomic E-state index is 0.138. The molecule has 0 saturated carbocycles. The second-order valence-electron chi connectivity index (χ2n) is 8.68. The largest absolute Gasteiger partial charge is 0.497 e. The summed E-state index contributed by atoms with van der Waals surface area (Å²) in [5, 5.41) is 13.1. The number of alkyl halides is 3. The number of carboxylic acid groups (broad SMARTS) is 1. The predicted octanol–water partition coefficient (Wildman–Crippen LogP) is 1.32. The van der Waals surface area contributed by atoms with Crippen molar-refractivity contribution in [2.24, 2.45) is 11.8 Å². The minimum atomic E-state index is -5.08. The Kier molecular flexibility index (Phi) is 9.32. The molecule has 0 spiro atoms. The Balaban J connectivity index is 0.000000638. The molecule has 0 aliphatic carbocycles. The van der Waals surface area contributed by atoms with Gasteiger partial charge in [0.05, 0.1) is 26.1 Å². The van der Waals surface area contributed by atoms with Crippen LogP contribution in [0, 0.1) is 11.8 Å². The Morgan fingerprint density at radius 2 is 1.71 bits per heavy atom. The van der Waals surface area contributed by atoms with Gasteiger partial charge in [0, 0.05) is 31.9 Å². The van der Waals surface area contributed by atoms with E-state index in [-0.39, 0.29) is 18.5 Å². The van der Waals surface area contributed by atoms with Gasteiger partial charge in [0.2, 0.25) is 11.8 Å². The average Bonchev–Trinajstić information content (AvgIpc) is 3.29. The van der Waals surface area contributed by atoms with Crippen LogP contribution in [0.2, 0.25) is 0 Å². The van der Waals surface area contributed by atoms with E-state index in [4.69, 9.17) is 19.4 Å². The number of anilines is 1. The summed E-state index contributed by atoms with van der Waals surface area (Å²) in [6, 6.07) is 5.96. The number of rotatable bonds is 6. The molecule has 2 fully saturated rings. The van der Waals surface area contributed by atoms with Gasteiger partial charge in [0.25, 0.3) is 0 Å². The van der Waals surface area contributed by atoms with Crippen LogP contribution in [0.3, 0.4) is 0 Å². The molecule has 2 aliphatic heterocycles. The Morgan fingerprint density at radius 1 is 1.16 bits per heavy atom. The molecule has 0 unspecified atom stereocenters. The molecule has 38 heavy (non-hydrogen) atoms. The highest BCUT2D eigenvalue weighted by Crippen LogP contribution is 2.43. The summed E-state index contributed by atoms with van der Waals surface area (Å²) < 4.78 is 41.8. The molecule has 12 nitrogen and oxygen atoms in total. The third-order valence-corrected chi connectivity index (χ3v) is 6.39. The van der Waals surface area contributed by atoms with Gasteiger partial charge in [-0.25, -0.2) is 9.59 Å². The van der Waals surface area contributed by atoms with Crippen molar-refractivity contribution < 1.29 is 51.7 Å². The second-order valence-corrected chi connectivity index (χ2v) is 8.68. The highest BCUT2D eigenvalue weighted by molar-refractivity contribution is 6.09. The number of nitrogens with one attached hydrogen (secondary N) is 2. The van der Waals surface area contributed by atoms with E-state index >= 15 is 0 Å². The number of amides is 4. The maximum absolute atomic E-state index is 12.8. The van der Waals surface area contributed by atoms with E-state index in [1.807, 2.05) is 6.92 Å². The molecular weight excluding hydrogens is 517 g/mol. The van der Waals surface area contributed by atoms with Crippen molar-refractivity contribution in [3.63, 3.8) is 0 Å². The molecule has 1 aromatic rings. The van der Waals surface area contributed by atoms with Crippen LogP contribution in [-0.4, -0.2) is 96.8 Å². The number of hydrogen-bond acceptors (Lipinski definition) is 8. The van der Waals surface area contributed by atoms with Crippen molar-refractivity contribution in [3.8, 4) is 5.75 Å². The van der Waals surface area contributed by atoms with Gasteiger partial charge in [-0.3, -0.25) is 24.6 Å². The summed E-state index contributed by atoms with van der Waals surface area (Å²) in [6.45, 7) is 3.88. The van der Waals surface area contributed by atoms with Gasteiger partial charge in [-0.2, -0.15) is 13.2 Å². The molecule has 0 radical (unpaired) electrons. The number of halogens is 3. The lowest BCUT2D eigenvalue weighted by molar-refractivity contribution is -0.192. The number of likely N-dealkylation sites (N-methyl/N-ethyl adjacent to an activating group) is 1. The SMILES string of the molecule is CCN(C[C@H]1N[C@@](C)(C(=O)OC)[C@H]2C(=O)N(C)C(=O)[C@@H]12)C(=O)Nc1ccc(OC)cc1.O=C(O)C(F)(F)F. The van der Waals surface area contributed by atoms with Gasteiger partial charge in [-0.05, 0) is 38.1 Å². The first-order chi connectivity index (χ1) is 17.6. The number of hydrogen-bond donors (Lipinski definition) is 3. The fourth-order valence-corrected chi connectivity index (χ4v) is 4.44. The van der Waals surface area contributed by atoms with Gasteiger partial charge in [-0.1, -0.05) is 0 Å². The molecule has 2 saturated heterocycles. The maximum atomic E-state index is 12.8. The monoisotopic (exact) mass is 546 g/mol. The van der Waals surface area contributed by atoms with Gasteiger partial charge >= 0.3 is 24.1 Å². The summed E-state index contributed by atoms with van der Waals surface area (Å²) in [4.78, 5) is 62.3. The number of imide groups is 1. The molecule has 3 rings (SSSR count). The highest BCUT2D eigenvalue weighted by atomic mass is 19.4. The number of esters is 1. The summed E-state index contributed by atoms with van der Waals surface area (Å²) in [5.74, 6) is -5.15. The smallest absolute Gasteiger partial charge is 0.490 e. The lowest BCUT2D eigenvalue weighted by atomic mass is 9.81. The third kappa shape index (κ3) is 6.15. The fourth-order valence-electron chi connectivity index (χ4n) is 4.44. The lowest BCUT2D eigenvalue weighted by Crippen LogP contribution is -2.56. The van der Waals surface area contributed by atoms with Gasteiger partial charge in [-0.15, -0.1) is 0 Å². The zero-order chi connectivity index (χ0) is 29.0. The average molecular weight is 546 g/mol. The predicted molar refractivity (Wildman–Crippen MR) is 125 cm³/mol. The molecule has 2 heterocycles. The molecule has 15 heteroatoms. The number of carboxylic acids is 1. The standard InChI is InChI=1S/C21H28N4O6.C2HF3O2/c1-6-25(20(29)22-12-7-9-13(30-4)10-8-12)11-14-15-16(18(27)24(3)17(15)26)21(2,23-14)19(28)31-5;3-2(4,5)1(6)7/h7-10,14-16,23H,6,11H2,1-5H3,(H,22,29);(H,6,7)/t14-,15+,16-,21-;/m1./s1. The van der Waals surface area contributed by atoms with E-state index < -0.39 is 47.4 Å². The zero-order valence-electron chi connectivity index (χ0n) is 21.3. The highest BCUT2D eigenvalue weighted by Gasteiger charge is 2.66. The van der Waals surface area contributed by atoms with E-state index in [0.717, 1.165) is 4.90 Å². The number of likely N-dealkylation sites (tertiary alicyclic amines) is 1. The maximum Gasteiger partial charge on any atom is 0.490 e. The molecule has 210 valence electrons. The second kappa shape index (κ2) is 11.7. The van der Waals surface area contributed by atoms with Crippen LogP contribution in [-0.2, 0) is 23.9 Å². The Hall–Kier alpha value is -3.88. The van der Waals surface area contributed by atoms with Crippen molar-refractivity contribution in [1.82, 2.24) is 15.1 Å². The number of methoxy groups -OCH3 is 2. The first kappa shape index (κ1) is 30.3. The van der Waals surface area contributed by atoms with Gasteiger partial charge < -0.3 is 24.8 Å². The number of urea groups is 1. The van der Waals surface area contributed by atoms with E-state index in [9.17, 15) is 32.3 Å². The van der Waals surface area contributed by atoms with E-state index in [2.05, 4.69) is 10.6 Å². The summed E-state index contributed by atoms with van der Waals surface area (Å²) >= 11 is 0. The van der Waals surface area contributed by atoms with E-state index in [1.165, 1.54) is 19.1 Å². The summed E-state index contributed by atoms with van der Waals surface area (Å²) in [6.07, 6.45) is -5.08. The normalized spacial score (nSPS) is 24.2. The molecule has 4 atom stereocenters. The van der Waals surface area contributed by atoms with Crippen LogP contribution in [0.5, 0.6) is 5.75 Å². The number of benzene rings is 1. The fraction of sp³-hybridized carbons (Fsp3) is 0.522. The third-order valence-electron chi connectivity index (χ3n) is 6.39. The summed E-state index contributed by atoms with van der Waals surface area (Å²) in [5.41, 5.74) is -0.763. The quantitative estimate of drug-likeness (QED) is 0.354. The lowest BCUT2D eigenvalue weighted by Gasteiger charge is -2.30. The molecular formula is C23H29F3N4O8.